The summed E-state index contributed by atoms with van der Waals surface area (Å²) in [4.78, 5) is 4.78. The normalized spacial score (nSPS) is 11.6. The van der Waals surface area contributed by atoms with Gasteiger partial charge in [0.05, 0.1) is 5.52 Å². The van der Waals surface area contributed by atoms with Crippen molar-refractivity contribution in [2.45, 2.75) is 13.3 Å². The molecule has 0 aliphatic heterocycles. The molecule has 0 saturated heterocycles. The fourth-order valence-corrected chi connectivity index (χ4v) is 2.77. The van der Waals surface area contributed by atoms with Gasteiger partial charge >= 0.3 is 0 Å². The van der Waals surface area contributed by atoms with E-state index in [0.717, 1.165) is 34.0 Å². The third-order valence-electron chi connectivity index (χ3n) is 3.66. The van der Waals surface area contributed by atoms with Crippen LogP contribution in [0.1, 0.15) is 12.5 Å². The van der Waals surface area contributed by atoms with E-state index >= 15 is 0 Å². The van der Waals surface area contributed by atoms with E-state index in [1.807, 2.05) is 24.3 Å². The summed E-state index contributed by atoms with van der Waals surface area (Å²) in [6.07, 6.45) is 0.944. The van der Waals surface area contributed by atoms with Gasteiger partial charge in [-0.2, -0.15) is 0 Å². The standard InChI is InChI=1S/C17H13NO/c1-2-11-12-7-3-5-9-14(12)18-16-13-8-4-6-10-15(13)19-17(11)16/h3-10H,2H2,1H3. The molecule has 0 spiro atoms. The number of aromatic nitrogens is 1. The Hall–Kier alpha value is -2.35. The van der Waals surface area contributed by atoms with Gasteiger partial charge in [0, 0.05) is 16.3 Å². The highest BCUT2D eigenvalue weighted by atomic mass is 16.3. The lowest BCUT2D eigenvalue weighted by atomic mass is 10.0. The largest absolute Gasteiger partial charge is 0.454 e. The van der Waals surface area contributed by atoms with Crippen LogP contribution >= 0.6 is 0 Å². The molecule has 0 aliphatic carbocycles. The molecule has 0 fully saturated rings. The van der Waals surface area contributed by atoms with Crippen LogP contribution in [0.4, 0.5) is 0 Å². The van der Waals surface area contributed by atoms with Crippen LogP contribution in [0.15, 0.2) is 52.9 Å². The lowest BCUT2D eigenvalue weighted by Crippen LogP contribution is -1.88. The maximum Gasteiger partial charge on any atom is 0.157 e. The molecule has 2 heterocycles. The Bertz CT molecular complexity index is 905. The molecule has 0 bridgehead atoms. The first kappa shape index (κ1) is 10.6. The van der Waals surface area contributed by atoms with Crippen molar-refractivity contribution in [3.8, 4) is 0 Å². The third kappa shape index (κ3) is 1.40. The first-order valence-electron chi connectivity index (χ1n) is 6.57. The number of hydrogen-bond donors (Lipinski definition) is 0. The third-order valence-corrected chi connectivity index (χ3v) is 3.66. The average Bonchev–Trinajstić information content (AvgIpc) is 2.83. The van der Waals surface area contributed by atoms with Gasteiger partial charge in [-0.3, -0.25) is 0 Å². The van der Waals surface area contributed by atoms with Crippen molar-refractivity contribution in [1.29, 1.82) is 0 Å². The molecule has 2 aromatic heterocycles. The number of aryl methyl sites for hydroxylation is 1. The molecule has 0 radical (unpaired) electrons. The quantitative estimate of drug-likeness (QED) is 0.487. The topological polar surface area (TPSA) is 26.0 Å². The smallest absolute Gasteiger partial charge is 0.157 e. The van der Waals surface area contributed by atoms with Crippen LogP contribution in [0.25, 0.3) is 33.0 Å². The molecule has 2 heteroatoms. The van der Waals surface area contributed by atoms with Crippen LogP contribution in [0.5, 0.6) is 0 Å². The number of fused-ring (bicyclic) bond motifs is 4. The van der Waals surface area contributed by atoms with Crippen molar-refractivity contribution in [1.82, 2.24) is 4.98 Å². The van der Waals surface area contributed by atoms with Gasteiger partial charge in [0.1, 0.15) is 11.1 Å². The molecule has 0 atom stereocenters. The number of pyridine rings is 1. The molecular formula is C17H13NO. The molecular weight excluding hydrogens is 234 g/mol. The van der Waals surface area contributed by atoms with Gasteiger partial charge in [0.25, 0.3) is 0 Å². The van der Waals surface area contributed by atoms with E-state index in [1.165, 1.54) is 10.9 Å². The van der Waals surface area contributed by atoms with Crippen LogP contribution in [-0.4, -0.2) is 4.98 Å². The van der Waals surface area contributed by atoms with Crippen LogP contribution in [0.2, 0.25) is 0 Å². The van der Waals surface area contributed by atoms with Crippen molar-refractivity contribution in [2.24, 2.45) is 0 Å². The van der Waals surface area contributed by atoms with Crippen molar-refractivity contribution in [3.05, 3.63) is 54.1 Å². The Morgan fingerprint density at radius 3 is 2.53 bits per heavy atom. The molecule has 2 aromatic carbocycles. The van der Waals surface area contributed by atoms with Crippen LogP contribution in [0.3, 0.4) is 0 Å². The lowest BCUT2D eigenvalue weighted by molar-refractivity contribution is 0.663. The molecule has 0 N–H and O–H groups in total. The predicted octanol–water partition coefficient (Wildman–Crippen LogP) is 4.70. The Balaban J connectivity index is 2.31. The molecule has 2 nitrogen and oxygen atoms in total. The summed E-state index contributed by atoms with van der Waals surface area (Å²) in [5, 5.41) is 2.29. The maximum atomic E-state index is 6.02. The molecule has 0 amide bonds. The van der Waals surface area contributed by atoms with Gasteiger partial charge in [0.15, 0.2) is 5.58 Å². The summed E-state index contributed by atoms with van der Waals surface area (Å²) >= 11 is 0. The second-order valence-electron chi connectivity index (χ2n) is 4.74. The van der Waals surface area contributed by atoms with Crippen molar-refractivity contribution in [3.63, 3.8) is 0 Å². The van der Waals surface area contributed by atoms with Gasteiger partial charge in [-0.25, -0.2) is 4.98 Å². The minimum atomic E-state index is 0.912. The van der Waals surface area contributed by atoms with Crippen molar-refractivity contribution >= 4 is 33.0 Å². The average molecular weight is 247 g/mol. The van der Waals surface area contributed by atoms with E-state index < -0.39 is 0 Å². The monoisotopic (exact) mass is 247 g/mol. The van der Waals surface area contributed by atoms with E-state index in [0.29, 0.717) is 0 Å². The second kappa shape index (κ2) is 3.82. The summed E-state index contributed by atoms with van der Waals surface area (Å²) in [5.41, 5.74) is 5.11. The number of para-hydroxylation sites is 2. The second-order valence-corrected chi connectivity index (χ2v) is 4.74. The summed E-state index contributed by atoms with van der Waals surface area (Å²) in [6, 6.07) is 16.4. The summed E-state index contributed by atoms with van der Waals surface area (Å²) < 4.78 is 6.02. The van der Waals surface area contributed by atoms with Gasteiger partial charge in [0.2, 0.25) is 0 Å². The van der Waals surface area contributed by atoms with E-state index in [1.54, 1.807) is 0 Å². The van der Waals surface area contributed by atoms with Gasteiger partial charge < -0.3 is 4.42 Å². The number of benzene rings is 2. The molecule has 19 heavy (non-hydrogen) atoms. The number of furan rings is 1. The number of hydrogen-bond acceptors (Lipinski definition) is 2. The highest BCUT2D eigenvalue weighted by molar-refractivity contribution is 6.08. The fraction of sp³-hybridized carbons (Fsp3) is 0.118. The van der Waals surface area contributed by atoms with Gasteiger partial charge in [-0.1, -0.05) is 37.3 Å². The molecule has 4 rings (SSSR count). The Kier molecular flexibility index (Phi) is 2.12. The van der Waals surface area contributed by atoms with Crippen LogP contribution in [0, 0.1) is 0 Å². The number of rotatable bonds is 1. The predicted molar refractivity (Wildman–Crippen MR) is 78.4 cm³/mol. The van der Waals surface area contributed by atoms with Crippen molar-refractivity contribution in [2.75, 3.05) is 0 Å². The maximum absolute atomic E-state index is 6.02. The first-order valence-corrected chi connectivity index (χ1v) is 6.57. The minimum Gasteiger partial charge on any atom is -0.454 e. The van der Waals surface area contributed by atoms with Crippen LogP contribution < -0.4 is 0 Å². The SMILES string of the molecule is CCc1c2ccccc2nc2c1oc1ccccc12. The summed E-state index contributed by atoms with van der Waals surface area (Å²) in [6.45, 7) is 2.16. The van der Waals surface area contributed by atoms with Gasteiger partial charge in [-0.05, 0) is 24.6 Å². The molecule has 0 unspecified atom stereocenters. The van der Waals surface area contributed by atoms with Gasteiger partial charge in [-0.15, -0.1) is 0 Å². The molecule has 4 aromatic rings. The Labute approximate surface area is 110 Å². The summed E-state index contributed by atoms with van der Waals surface area (Å²) in [7, 11) is 0. The fourth-order valence-electron chi connectivity index (χ4n) is 2.77. The van der Waals surface area contributed by atoms with Crippen molar-refractivity contribution < 1.29 is 4.42 Å². The molecule has 0 aliphatic rings. The molecule has 92 valence electrons. The van der Waals surface area contributed by atoms with E-state index in [-0.39, 0.29) is 0 Å². The first-order chi connectivity index (χ1) is 9.38. The summed E-state index contributed by atoms with van der Waals surface area (Å²) in [5.74, 6) is 0. The Morgan fingerprint density at radius 1 is 0.947 bits per heavy atom. The highest BCUT2D eigenvalue weighted by Gasteiger charge is 2.14. The molecule has 0 saturated carbocycles. The zero-order valence-electron chi connectivity index (χ0n) is 10.7. The lowest BCUT2D eigenvalue weighted by Gasteiger charge is -2.04. The van der Waals surface area contributed by atoms with E-state index in [4.69, 9.17) is 9.40 Å². The van der Waals surface area contributed by atoms with E-state index in [2.05, 4.69) is 31.2 Å². The minimum absolute atomic E-state index is 0.912. The Morgan fingerprint density at radius 2 is 1.68 bits per heavy atom. The van der Waals surface area contributed by atoms with E-state index in [9.17, 15) is 0 Å². The van der Waals surface area contributed by atoms with Crippen LogP contribution in [-0.2, 0) is 6.42 Å². The highest BCUT2D eigenvalue weighted by Crippen LogP contribution is 2.33. The zero-order chi connectivity index (χ0) is 12.8. The number of nitrogens with zero attached hydrogens (tertiary/aromatic N) is 1. The zero-order valence-corrected chi connectivity index (χ0v) is 10.7.